The van der Waals surface area contributed by atoms with Crippen LogP contribution in [-0.2, 0) is 6.54 Å². The SMILES string of the molecule is CCn1ccnc1C(O)c1ccc(C)cn1. The van der Waals surface area contributed by atoms with Crippen LogP contribution in [-0.4, -0.2) is 19.6 Å². The van der Waals surface area contributed by atoms with Crippen molar-refractivity contribution < 1.29 is 5.11 Å². The summed E-state index contributed by atoms with van der Waals surface area (Å²) in [4.78, 5) is 8.36. The summed E-state index contributed by atoms with van der Waals surface area (Å²) in [5.74, 6) is 0.638. The standard InChI is InChI=1S/C12H15N3O/c1-3-15-7-6-13-12(15)11(16)10-5-4-9(2)8-14-10/h4-8,11,16H,3H2,1-2H3. The van der Waals surface area contributed by atoms with Gasteiger partial charge in [0.25, 0.3) is 0 Å². The van der Waals surface area contributed by atoms with E-state index in [1.165, 1.54) is 0 Å². The van der Waals surface area contributed by atoms with Crippen molar-refractivity contribution in [2.24, 2.45) is 0 Å². The number of aryl methyl sites for hydroxylation is 2. The Morgan fingerprint density at radius 1 is 1.38 bits per heavy atom. The average Bonchev–Trinajstić information content (AvgIpc) is 2.77. The van der Waals surface area contributed by atoms with Crippen molar-refractivity contribution in [1.29, 1.82) is 0 Å². The molecule has 0 aliphatic carbocycles. The van der Waals surface area contributed by atoms with Gasteiger partial charge in [-0.1, -0.05) is 6.07 Å². The van der Waals surface area contributed by atoms with Gasteiger partial charge in [0.15, 0.2) is 6.10 Å². The van der Waals surface area contributed by atoms with Crippen LogP contribution in [0, 0.1) is 6.92 Å². The first kappa shape index (κ1) is 10.8. The summed E-state index contributed by atoms with van der Waals surface area (Å²) in [6.45, 7) is 4.77. The number of rotatable bonds is 3. The van der Waals surface area contributed by atoms with Crippen LogP contribution in [0.4, 0.5) is 0 Å². The van der Waals surface area contributed by atoms with Crippen molar-refractivity contribution in [2.45, 2.75) is 26.5 Å². The molecule has 0 aliphatic rings. The molecular formula is C12H15N3O. The van der Waals surface area contributed by atoms with Crippen molar-refractivity contribution in [3.8, 4) is 0 Å². The van der Waals surface area contributed by atoms with Crippen molar-refractivity contribution in [1.82, 2.24) is 14.5 Å². The Labute approximate surface area is 94.6 Å². The summed E-state index contributed by atoms with van der Waals surface area (Å²) in [5, 5.41) is 10.1. The molecular weight excluding hydrogens is 202 g/mol. The summed E-state index contributed by atoms with van der Waals surface area (Å²) in [5.41, 5.74) is 1.71. The molecule has 16 heavy (non-hydrogen) atoms. The molecule has 0 saturated carbocycles. The molecule has 0 bridgehead atoms. The summed E-state index contributed by atoms with van der Waals surface area (Å²) < 4.78 is 1.91. The van der Waals surface area contributed by atoms with E-state index in [9.17, 15) is 5.11 Å². The zero-order valence-electron chi connectivity index (χ0n) is 9.46. The summed E-state index contributed by atoms with van der Waals surface area (Å²) in [6, 6.07) is 3.76. The van der Waals surface area contributed by atoms with Crippen molar-refractivity contribution in [2.75, 3.05) is 0 Å². The van der Waals surface area contributed by atoms with E-state index in [4.69, 9.17) is 0 Å². The lowest BCUT2D eigenvalue weighted by Crippen LogP contribution is -2.10. The van der Waals surface area contributed by atoms with E-state index in [1.807, 2.05) is 36.7 Å². The highest BCUT2D eigenvalue weighted by atomic mass is 16.3. The molecule has 2 aromatic heterocycles. The average molecular weight is 217 g/mol. The van der Waals surface area contributed by atoms with Gasteiger partial charge in [-0.25, -0.2) is 4.98 Å². The maximum absolute atomic E-state index is 10.1. The number of aromatic nitrogens is 3. The molecule has 0 fully saturated rings. The first-order valence-electron chi connectivity index (χ1n) is 5.34. The molecule has 1 N–H and O–H groups in total. The Morgan fingerprint density at radius 3 is 2.81 bits per heavy atom. The molecule has 84 valence electrons. The number of pyridine rings is 1. The van der Waals surface area contributed by atoms with E-state index in [2.05, 4.69) is 9.97 Å². The minimum Gasteiger partial charge on any atom is -0.379 e. The second-order valence-electron chi connectivity index (χ2n) is 3.73. The van der Waals surface area contributed by atoms with Gasteiger partial charge in [-0.3, -0.25) is 4.98 Å². The van der Waals surface area contributed by atoms with Gasteiger partial charge in [0.2, 0.25) is 0 Å². The van der Waals surface area contributed by atoms with Crippen LogP contribution in [0.5, 0.6) is 0 Å². The Hall–Kier alpha value is -1.68. The van der Waals surface area contributed by atoms with E-state index < -0.39 is 6.10 Å². The van der Waals surface area contributed by atoms with Gasteiger partial charge in [0.05, 0.1) is 5.69 Å². The van der Waals surface area contributed by atoms with Gasteiger partial charge in [-0.15, -0.1) is 0 Å². The lowest BCUT2D eigenvalue weighted by molar-refractivity contribution is 0.200. The second kappa shape index (κ2) is 4.45. The fourth-order valence-corrected chi connectivity index (χ4v) is 1.61. The van der Waals surface area contributed by atoms with E-state index >= 15 is 0 Å². The maximum Gasteiger partial charge on any atom is 0.153 e. The van der Waals surface area contributed by atoms with E-state index in [-0.39, 0.29) is 0 Å². The van der Waals surface area contributed by atoms with Crippen molar-refractivity contribution >= 4 is 0 Å². The number of aliphatic hydroxyl groups excluding tert-OH is 1. The zero-order valence-corrected chi connectivity index (χ0v) is 9.46. The molecule has 2 heterocycles. The van der Waals surface area contributed by atoms with E-state index in [1.54, 1.807) is 12.4 Å². The van der Waals surface area contributed by atoms with Gasteiger partial charge in [-0.05, 0) is 25.5 Å². The highest BCUT2D eigenvalue weighted by Gasteiger charge is 2.16. The maximum atomic E-state index is 10.1. The Bertz CT molecular complexity index is 461. The third-order valence-electron chi connectivity index (χ3n) is 2.55. The van der Waals surface area contributed by atoms with Crippen LogP contribution in [0.25, 0.3) is 0 Å². The summed E-state index contributed by atoms with van der Waals surface area (Å²) in [6.07, 6.45) is 4.54. The number of nitrogens with zero attached hydrogens (tertiary/aromatic N) is 3. The van der Waals surface area contributed by atoms with Gasteiger partial charge in [0.1, 0.15) is 5.82 Å². The Kier molecular flexibility index (Phi) is 3.01. The molecule has 2 rings (SSSR count). The summed E-state index contributed by atoms with van der Waals surface area (Å²) >= 11 is 0. The predicted octanol–water partition coefficient (Wildman–Crippen LogP) is 1.69. The smallest absolute Gasteiger partial charge is 0.153 e. The van der Waals surface area contributed by atoms with E-state index in [0.717, 1.165) is 12.1 Å². The first-order chi connectivity index (χ1) is 7.72. The normalized spacial score (nSPS) is 12.7. The highest BCUT2D eigenvalue weighted by Crippen LogP contribution is 2.18. The van der Waals surface area contributed by atoms with Crippen LogP contribution >= 0.6 is 0 Å². The predicted molar refractivity (Wildman–Crippen MR) is 60.9 cm³/mol. The second-order valence-corrected chi connectivity index (χ2v) is 3.73. The van der Waals surface area contributed by atoms with Crippen molar-refractivity contribution in [3.63, 3.8) is 0 Å². The number of imidazole rings is 1. The highest BCUT2D eigenvalue weighted by molar-refractivity contribution is 5.19. The summed E-state index contributed by atoms with van der Waals surface area (Å²) in [7, 11) is 0. The van der Waals surface area contributed by atoms with Crippen LogP contribution in [0.1, 0.15) is 30.1 Å². The molecule has 0 aliphatic heterocycles. The topological polar surface area (TPSA) is 50.9 Å². The van der Waals surface area contributed by atoms with Crippen molar-refractivity contribution in [3.05, 3.63) is 47.8 Å². The third kappa shape index (κ3) is 1.97. The minimum absolute atomic E-state index is 0.631. The zero-order chi connectivity index (χ0) is 11.5. The molecule has 1 atom stereocenters. The fraction of sp³-hybridized carbons (Fsp3) is 0.333. The number of hydrogen-bond donors (Lipinski definition) is 1. The molecule has 4 heteroatoms. The van der Waals surface area contributed by atoms with Crippen LogP contribution < -0.4 is 0 Å². The van der Waals surface area contributed by atoms with Crippen LogP contribution in [0.15, 0.2) is 30.7 Å². The Morgan fingerprint density at radius 2 is 2.19 bits per heavy atom. The minimum atomic E-state index is -0.754. The molecule has 0 amide bonds. The molecule has 4 nitrogen and oxygen atoms in total. The number of hydrogen-bond acceptors (Lipinski definition) is 3. The fourth-order valence-electron chi connectivity index (χ4n) is 1.61. The van der Waals surface area contributed by atoms with Gasteiger partial charge < -0.3 is 9.67 Å². The number of aliphatic hydroxyl groups is 1. The molecule has 0 spiro atoms. The molecule has 0 aromatic carbocycles. The molecule has 1 unspecified atom stereocenters. The molecule has 0 radical (unpaired) electrons. The lowest BCUT2D eigenvalue weighted by Gasteiger charge is -2.11. The molecule has 2 aromatic rings. The quantitative estimate of drug-likeness (QED) is 0.851. The first-order valence-corrected chi connectivity index (χ1v) is 5.34. The Balaban J connectivity index is 2.31. The largest absolute Gasteiger partial charge is 0.379 e. The van der Waals surface area contributed by atoms with Gasteiger partial charge >= 0.3 is 0 Å². The monoisotopic (exact) mass is 217 g/mol. The van der Waals surface area contributed by atoms with Gasteiger partial charge in [-0.2, -0.15) is 0 Å². The van der Waals surface area contributed by atoms with E-state index in [0.29, 0.717) is 11.5 Å². The lowest BCUT2D eigenvalue weighted by atomic mass is 10.2. The van der Waals surface area contributed by atoms with Gasteiger partial charge in [0, 0.05) is 25.1 Å². The third-order valence-corrected chi connectivity index (χ3v) is 2.55. The van der Waals surface area contributed by atoms with Crippen LogP contribution in [0.2, 0.25) is 0 Å². The molecule has 0 saturated heterocycles. The van der Waals surface area contributed by atoms with Crippen LogP contribution in [0.3, 0.4) is 0 Å².